The van der Waals surface area contributed by atoms with Crippen LogP contribution < -0.4 is 10.5 Å². The van der Waals surface area contributed by atoms with Crippen molar-refractivity contribution >= 4 is 23.5 Å². The second-order valence-corrected chi connectivity index (χ2v) is 6.07. The van der Waals surface area contributed by atoms with Crippen molar-refractivity contribution in [1.29, 1.82) is 0 Å². The van der Waals surface area contributed by atoms with Crippen LogP contribution in [0.1, 0.15) is 25.7 Å². The molecule has 1 aliphatic heterocycles. The normalized spacial score (nSPS) is 16.9. The maximum absolute atomic E-state index is 12.2. The number of hydrogen-bond acceptors (Lipinski definition) is 4. The fourth-order valence-corrected chi connectivity index (χ4v) is 2.66. The number of nitrogens with zero attached hydrogens (tertiary/aromatic N) is 1. The average Bonchev–Trinajstić information content (AvgIpc) is 2.55. The summed E-state index contributed by atoms with van der Waals surface area (Å²) in [4.78, 5) is 24.4. The van der Waals surface area contributed by atoms with Crippen LogP contribution >= 0.6 is 11.6 Å². The first-order valence-corrected chi connectivity index (χ1v) is 8.02. The number of hydrogen-bond donors (Lipinski definition) is 2. The number of likely N-dealkylation sites (tertiary alicyclic amines) is 1. The summed E-state index contributed by atoms with van der Waals surface area (Å²) in [6, 6.07) is 6.44. The molecule has 1 atom stereocenters. The van der Waals surface area contributed by atoms with E-state index in [4.69, 9.17) is 27.2 Å². The monoisotopic (exact) mass is 340 g/mol. The predicted octanol–water partition coefficient (Wildman–Crippen LogP) is 1.90. The van der Waals surface area contributed by atoms with Gasteiger partial charge in [0.15, 0.2) is 0 Å². The summed E-state index contributed by atoms with van der Waals surface area (Å²) in [7, 11) is 0. The molecule has 0 bridgehead atoms. The largest absolute Gasteiger partial charge is 0.490 e. The molecule has 1 fully saturated rings. The average molecular weight is 341 g/mol. The summed E-state index contributed by atoms with van der Waals surface area (Å²) in [5, 5.41) is 9.30. The molecule has 1 heterocycles. The molecule has 0 unspecified atom stereocenters. The second kappa shape index (κ2) is 8.17. The molecule has 6 nitrogen and oxygen atoms in total. The minimum absolute atomic E-state index is 0.0514. The summed E-state index contributed by atoms with van der Waals surface area (Å²) in [6.45, 7) is 1.13. The second-order valence-electron chi connectivity index (χ2n) is 5.64. The molecule has 0 saturated carbocycles. The molecule has 23 heavy (non-hydrogen) atoms. The van der Waals surface area contributed by atoms with E-state index in [-0.39, 0.29) is 24.9 Å². The van der Waals surface area contributed by atoms with Crippen molar-refractivity contribution in [2.24, 2.45) is 5.73 Å². The van der Waals surface area contributed by atoms with E-state index in [1.807, 2.05) is 12.1 Å². The SMILES string of the molecule is N[C@@H](CCC(=O)O)C(=O)N1CCC(Oc2ccc(Cl)cc2)CC1. The molecule has 1 aromatic carbocycles. The minimum atomic E-state index is -0.941. The van der Waals surface area contributed by atoms with E-state index in [9.17, 15) is 9.59 Å². The first-order valence-electron chi connectivity index (χ1n) is 7.64. The van der Waals surface area contributed by atoms with Crippen LogP contribution in [0.2, 0.25) is 5.02 Å². The van der Waals surface area contributed by atoms with E-state index in [2.05, 4.69) is 0 Å². The molecule has 0 aromatic heterocycles. The summed E-state index contributed by atoms with van der Waals surface area (Å²) in [5.41, 5.74) is 5.77. The van der Waals surface area contributed by atoms with Gasteiger partial charge < -0.3 is 20.5 Å². The Morgan fingerprint density at radius 1 is 1.30 bits per heavy atom. The van der Waals surface area contributed by atoms with E-state index in [1.165, 1.54) is 0 Å². The summed E-state index contributed by atoms with van der Waals surface area (Å²) >= 11 is 5.83. The number of carbonyl (C=O) groups excluding carboxylic acids is 1. The van der Waals surface area contributed by atoms with Gasteiger partial charge in [-0.05, 0) is 30.7 Å². The van der Waals surface area contributed by atoms with Crippen molar-refractivity contribution in [1.82, 2.24) is 4.90 Å². The smallest absolute Gasteiger partial charge is 0.303 e. The lowest BCUT2D eigenvalue weighted by Gasteiger charge is -2.33. The van der Waals surface area contributed by atoms with E-state index >= 15 is 0 Å². The number of piperidine rings is 1. The van der Waals surface area contributed by atoms with Gasteiger partial charge in [-0.15, -0.1) is 0 Å². The lowest BCUT2D eigenvalue weighted by Crippen LogP contribution is -2.48. The highest BCUT2D eigenvalue weighted by Gasteiger charge is 2.27. The number of aliphatic carboxylic acids is 1. The molecule has 2 rings (SSSR count). The van der Waals surface area contributed by atoms with Gasteiger partial charge >= 0.3 is 5.97 Å². The standard InChI is InChI=1S/C16H21ClN2O4/c17-11-1-3-12(4-2-11)23-13-7-9-19(10-8-13)16(22)14(18)5-6-15(20)21/h1-4,13-14H,5-10,18H2,(H,20,21)/t14-/m0/s1. The number of nitrogens with two attached hydrogens (primary N) is 1. The van der Waals surface area contributed by atoms with E-state index in [1.54, 1.807) is 17.0 Å². The maximum Gasteiger partial charge on any atom is 0.303 e. The van der Waals surface area contributed by atoms with E-state index < -0.39 is 12.0 Å². The predicted molar refractivity (Wildman–Crippen MR) is 86.5 cm³/mol. The van der Waals surface area contributed by atoms with Crippen LogP contribution in [0.15, 0.2) is 24.3 Å². The summed E-state index contributed by atoms with van der Waals surface area (Å²) in [6.07, 6.45) is 1.56. The quantitative estimate of drug-likeness (QED) is 0.825. The molecule has 0 radical (unpaired) electrons. The Hall–Kier alpha value is -1.79. The fraction of sp³-hybridized carbons (Fsp3) is 0.500. The number of carboxylic acids is 1. The number of benzene rings is 1. The van der Waals surface area contributed by atoms with Gasteiger partial charge in [-0.1, -0.05) is 11.6 Å². The van der Waals surface area contributed by atoms with Gasteiger partial charge in [0.25, 0.3) is 0 Å². The van der Waals surface area contributed by atoms with Crippen LogP contribution in [0.3, 0.4) is 0 Å². The minimum Gasteiger partial charge on any atom is -0.490 e. The maximum atomic E-state index is 12.2. The summed E-state index contributed by atoms with van der Waals surface area (Å²) in [5.74, 6) is -0.364. The zero-order valence-electron chi connectivity index (χ0n) is 12.8. The highest BCUT2D eigenvalue weighted by atomic mass is 35.5. The molecule has 0 spiro atoms. The Bertz CT molecular complexity index is 542. The van der Waals surface area contributed by atoms with Gasteiger partial charge in [-0.2, -0.15) is 0 Å². The van der Waals surface area contributed by atoms with Crippen LogP contribution in [0.4, 0.5) is 0 Å². The third kappa shape index (κ3) is 5.41. The number of carbonyl (C=O) groups is 2. The van der Waals surface area contributed by atoms with Crippen LogP contribution in [0.25, 0.3) is 0 Å². The highest BCUT2D eigenvalue weighted by Crippen LogP contribution is 2.21. The molecular weight excluding hydrogens is 320 g/mol. The Labute approximate surface area is 140 Å². The van der Waals surface area contributed by atoms with Crippen LogP contribution in [-0.2, 0) is 9.59 Å². The fourth-order valence-electron chi connectivity index (χ4n) is 2.54. The molecule has 1 amide bonds. The van der Waals surface area contributed by atoms with Gasteiger partial charge in [0.1, 0.15) is 11.9 Å². The Morgan fingerprint density at radius 2 is 1.91 bits per heavy atom. The number of amides is 1. The van der Waals surface area contributed by atoms with Gasteiger partial charge in [0.2, 0.25) is 5.91 Å². The lowest BCUT2D eigenvalue weighted by molar-refractivity contribution is -0.138. The van der Waals surface area contributed by atoms with Gasteiger partial charge in [-0.3, -0.25) is 9.59 Å². The Kier molecular flexibility index (Phi) is 6.24. The van der Waals surface area contributed by atoms with Gasteiger partial charge in [0.05, 0.1) is 6.04 Å². The van der Waals surface area contributed by atoms with Gasteiger partial charge in [0, 0.05) is 37.4 Å². The van der Waals surface area contributed by atoms with Crippen molar-refractivity contribution in [2.45, 2.75) is 37.8 Å². The molecule has 1 saturated heterocycles. The Morgan fingerprint density at radius 3 is 2.48 bits per heavy atom. The zero-order valence-corrected chi connectivity index (χ0v) is 13.5. The first kappa shape index (κ1) is 17.6. The van der Waals surface area contributed by atoms with Crippen LogP contribution in [0, 0.1) is 0 Å². The number of ether oxygens (including phenoxy) is 1. The lowest BCUT2D eigenvalue weighted by atomic mass is 10.0. The van der Waals surface area contributed by atoms with Crippen LogP contribution in [-0.4, -0.2) is 47.1 Å². The zero-order chi connectivity index (χ0) is 16.8. The molecule has 1 aromatic rings. The van der Waals surface area contributed by atoms with Gasteiger partial charge in [-0.25, -0.2) is 0 Å². The molecule has 0 aliphatic carbocycles. The summed E-state index contributed by atoms with van der Waals surface area (Å²) < 4.78 is 5.87. The topological polar surface area (TPSA) is 92.9 Å². The molecule has 1 aliphatic rings. The van der Waals surface area contributed by atoms with Crippen molar-refractivity contribution in [3.05, 3.63) is 29.3 Å². The van der Waals surface area contributed by atoms with Crippen molar-refractivity contribution in [2.75, 3.05) is 13.1 Å². The molecule has 7 heteroatoms. The molecular formula is C16H21ClN2O4. The molecule has 3 N–H and O–H groups in total. The first-order chi connectivity index (χ1) is 11.0. The van der Waals surface area contributed by atoms with Crippen LogP contribution in [0.5, 0.6) is 5.75 Å². The van der Waals surface area contributed by atoms with Crippen molar-refractivity contribution in [3.63, 3.8) is 0 Å². The van der Waals surface area contributed by atoms with E-state index in [0.717, 1.165) is 18.6 Å². The van der Waals surface area contributed by atoms with E-state index in [0.29, 0.717) is 18.1 Å². The number of halogens is 1. The van der Waals surface area contributed by atoms with Crippen molar-refractivity contribution < 1.29 is 19.4 Å². The number of carboxylic acid groups (broad SMARTS) is 1. The molecule has 126 valence electrons. The third-order valence-corrected chi connectivity index (χ3v) is 4.11. The third-order valence-electron chi connectivity index (χ3n) is 3.86. The van der Waals surface area contributed by atoms with Crippen molar-refractivity contribution in [3.8, 4) is 5.75 Å². The number of rotatable bonds is 6. The highest BCUT2D eigenvalue weighted by molar-refractivity contribution is 6.30. The Balaban J connectivity index is 1.77.